The van der Waals surface area contributed by atoms with E-state index in [-0.39, 0.29) is 17.5 Å². The van der Waals surface area contributed by atoms with Crippen molar-refractivity contribution in [3.63, 3.8) is 0 Å². The van der Waals surface area contributed by atoms with E-state index in [9.17, 15) is 9.50 Å². The first kappa shape index (κ1) is 12.0. The van der Waals surface area contributed by atoms with Gasteiger partial charge in [-0.25, -0.2) is 4.39 Å². The molecule has 0 bridgehead atoms. The Hall–Kier alpha value is -1.09. The molecule has 1 aromatic rings. The Bertz CT molecular complexity index is 323. The van der Waals surface area contributed by atoms with Crippen molar-refractivity contribution >= 4 is 0 Å². The number of rotatable bonds is 4. The molecule has 0 radical (unpaired) electrons. The minimum absolute atomic E-state index is 0.0138. The molecule has 3 heteroatoms. The zero-order valence-corrected chi connectivity index (χ0v) is 9.33. The van der Waals surface area contributed by atoms with Crippen LogP contribution in [0.4, 0.5) is 4.39 Å². The molecule has 0 spiro atoms. The fraction of sp³-hybridized carbons (Fsp3) is 0.500. The van der Waals surface area contributed by atoms with E-state index >= 15 is 0 Å². The maximum Gasteiger partial charge on any atom is 0.168 e. The second kappa shape index (κ2) is 5.12. The molecule has 2 atom stereocenters. The van der Waals surface area contributed by atoms with E-state index in [0.717, 1.165) is 0 Å². The van der Waals surface area contributed by atoms with Gasteiger partial charge in [-0.1, -0.05) is 19.1 Å². The van der Waals surface area contributed by atoms with Crippen molar-refractivity contribution in [3.8, 4) is 5.75 Å². The standard InChI is InChI=1S/C12H17FO2/c1-8(7-9(2)14)10-5-4-6-11(15-3)12(10)13/h4-6,8-9,14H,7H2,1-3H3. The summed E-state index contributed by atoms with van der Waals surface area (Å²) in [6.07, 6.45) is 0.120. The number of methoxy groups -OCH3 is 1. The van der Waals surface area contributed by atoms with Crippen molar-refractivity contribution in [3.05, 3.63) is 29.6 Å². The maximum absolute atomic E-state index is 13.8. The number of aliphatic hydroxyl groups excluding tert-OH is 1. The first-order chi connectivity index (χ1) is 7.06. The van der Waals surface area contributed by atoms with Gasteiger partial charge in [-0.3, -0.25) is 0 Å². The highest BCUT2D eigenvalue weighted by molar-refractivity contribution is 5.33. The van der Waals surface area contributed by atoms with Crippen molar-refractivity contribution in [2.24, 2.45) is 0 Å². The maximum atomic E-state index is 13.8. The average Bonchev–Trinajstić information content (AvgIpc) is 2.17. The van der Waals surface area contributed by atoms with Gasteiger partial charge in [0.05, 0.1) is 13.2 Å². The zero-order chi connectivity index (χ0) is 11.4. The predicted molar refractivity (Wildman–Crippen MR) is 57.7 cm³/mol. The number of ether oxygens (including phenoxy) is 1. The molecule has 0 fully saturated rings. The lowest BCUT2D eigenvalue weighted by atomic mass is 9.95. The van der Waals surface area contributed by atoms with Crippen molar-refractivity contribution < 1.29 is 14.2 Å². The molecule has 0 aliphatic heterocycles. The number of benzene rings is 1. The fourth-order valence-electron chi connectivity index (χ4n) is 1.70. The smallest absolute Gasteiger partial charge is 0.168 e. The summed E-state index contributed by atoms with van der Waals surface area (Å²) in [6, 6.07) is 5.08. The second-order valence-corrected chi connectivity index (χ2v) is 3.85. The first-order valence-electron chi connectivity index (χ1n) is 5.06. The Kier molecular flexibility index (Phi) is 4.09. The van der Waals surface area contributed by atoms with Crippen molar-refractivity contribution in [1.82, 2.24) is 0 Å². The number of hydrogen-bond acceptors (Lipinski definition) is 2. The summed E-state index contributed by atoms with van der Waals surface area (Å²) in [7, 11) is 1.45. The molecule has 0 saturated carbocycles. The summed E-state index contributed by atoms with van der Waals surface area (Å²) in [5, 5.41) is 9.25. The molecule has 0 saturated heterocycles. The van der Waals surface area contributed by atoms with E-state index in [1.165, 1.54) is 7.11 Å². The van der Waals surface area contributed by atoms with Crippen LogP contribution < -0.4 is 4.74 Å². The Morgan fingerprint density at radius 2 is 2.07 bits per heavy atom. The third-order valence-corrected chi connectivity index (χ3v) is 2.44. The quantitative estimate of drug-likeness (QED) is 0.831. The lowest BCUT2D eigenvalue weighted by Crippen LogP contribution is -2.07. The summed E-state index contributed by atoms with van der Waals surface area (Å²) in [6.45, 7) is 3.60. The summed E-state index contributed by atoms with van der Waals surface area (Å²) in [4.78, 5) is 0. The Morgan fingerprint density at radius 3 is 2.60 bits per heavy atom. The number of aliphatic hydroxyl groups is 1. The van der Waals surface area contributed by atoms with Crippen molar-refractivity contribution in [2.75, 3.05) is 7.11 Å². The van der Waals surface area contributed by atoms with Crippen LogP contribution in [0.25, 0.3) is 0 Å². The lowest BCUT2D eigenvalue weighted by molar-refractivity contribution is 0.176. The SMILES string of the molecule is COc1cccc(C(C)CC(C)O)c1F. The molecule has 1 aromatic carbocycles. The summed E-state index contributed by atoms with van der Waals surface area (Å²) in [5.74, 6) is -0.0850. The largest absolute Gasteiger partial charge is 0.494 e. The van der Waals surface area contributed by atoms with Crippen molar-refractivity contribution in [2.45, 2.75) is 32.3 Å². The van der Waals surface area contributed by atoms with Crippen LogP contribution in [-0.4, -0.2) is 18.3 Å². The molecule has 15 heavy (non-hydrogen) atoms. The van der Waals surface area contributed by atoms with E-state index in [2.05, 4.69) is 0 Å². The Balaban J connectivity index is 2.93. The summed E-state index contributed by atoms with van der Waals surface area (Å²) >= 11 is 0. The molecule has 0 amide bonds. The highest BCUT2D eigenvalue weighted by Crippen LogP contribution is 2.28. The molecule has 1 N–H and O–H groups in total. The van der Waals surface area contributed by atoms with Gasteiger partial charge in [0.15, 0.2) is 11.6 Å². The van der Waals surface area contributed by atoms with Crippen LogP contribution >= 0.6 is 0 Å². The normalized spacial score (nSPS) is 14.7. The van der Waals surface area contributed by atoms with Crippen LogP contribution in [0.2, 0.25) is 0 Å². The van der Waals surface area contributed by atoms with Crippen LogP contribution in [0.3, 0.4) is 0 Å². The van der Waals surface area contributed by atoms with Gasteiger partial charge in [0, 0.05) is 0 Å². The zero-order valence-electron chi connectivity index (χ0n) is 9.33. The van der Waals surface area contributed by atoms with E-state index in [1.54, 1.807) is 25.1 Å². The molecular weight excluding hydrogens is 195 g/mol. The second-order valence-electron chi connectivity index (χ2n) is 3.85. The third-order valence-electron chi connectivity index (χ3n) is 2.44. The van der Waals surface area contributed by atoms with Crippen LogP contribution in [0, 0.1) is 5.82 Å². The van der Waals surface area contributed by atoms with Gasteiger partial charge in [0.25, 0.3) is 0 Å². The van der Waals surface area contributed by atoms with Gasteiger partial charge in [0.1, 0.15) is 0 Å². The van der Waals surface area contributed by atoms with Crippen molar-refractivity contribution in [1.29, 1.82) is 0 Å². The highest BCUT2D eigenvalue weighted by Gasteiger charge is 2.15. The van der Waals surface area contributed by atoms with E-state index in [4.69, 9.17) is 4.74 Å². The van der Waals surface area contributed by atoms with Crippen LogP contribution in [0.1, 0.15) is 31.7 Å². The van der Waals surface area contributed by atoms with Crippen LogP contribution in [0.15, 0.2) is 18.2 Å². The minimum atomic E-state index is -0.425. The van der Waals surface area contributed by atoms with E-state index in [1.807, 2.05) is 6.92 Å². The molecule has 1 rings (SSSR count). The van der Waals surface area contributed by atoms with Crippen LogP contribution in [0.5, 0.6) is 5.75 Å². The average molecular weight is 212 g/mol. The minimum Gasteiger partial charge on any atom is -0.494 e. The fourth-order valence-corrected chi connectivity index (χ4v) is 1.70. The van der Waals surface area contributed by atoms with E-state index < -0.39 is 6.10 Å². The van der Waals surface area contributed by atoms with Gasteiger partial charge in [0.2, 0.25) is 0 Å². The molecular formula is C12H17FO2. The Labute approximate surface area is 89.7 Å². The van der Waals surface area contributed by atoms with E-state index in [0.29, 0.717) is 12.0 Å². The molecule has 2 nitrogen and oxygen atoms in total. The molecule has 0 heterocycles. The molecule has 84 valence electrons. The third kappa shape index (κ3) is 2.93. The summed E-state index contributed by atoms with van der Waals surface area (Å²) in [5.41, 5.74) is 0.593. The molecule has 2 unspecified atom stereocenters. The van der Waals surface area contributed by atoms with Gasteiger partial charge in [-0.05, 0) is 30.9 Å². The molecule has 0 aliphatic carbocycles. The topological polar surface area (TPSA) is 29.5 Å². The predicted octanol–water partition coefficient (Wildman–Crippen LogP) is 2.71. The van der Waals surface area contributed by atoms with Gasteiger partial charge in [-0.2, -0.15) is 0 Å². The van der Waals surface area contributed by atoms with Gasteiger partial charge < -0.3 is 9.84 Å². The highest BCUT2D eigenvalue weighted by atomic mass is 19.1. The van der Waals surface area contributed by atoms with Gasteiger partial charge >= 0.3 is 0 Å². The first-order valence-corrected chi connectivity index (χ1v) is 5.06. The molecule has 0 aliphatic rings. The Morgan fingerprint density at radius 1 is 1.40 bits per heavy atom. The summed E-state index contributed by atoms with van der Waals surface area (Å²) < 4.78 is 18.7. The monoisotopic (exact) mass is 212 g/mol. The molecule has 0 aromatic heterocycles. The number of hydrogen-bond donors (Lipinski definition) is 1. The lowest BCUT2D eigenvalue weighted by Gasteiger charge is -2.15. The van der Waals surface area contributed by atoms with Gasteiger partial charge in [-0.15, -0.1) is 0 Å². The number of halogens is 1. The van der Waals surface area contributed by atoms with Crippen LogP contribution in [-0.2, 0) is 0 Å².